The van der Waals surface area contributed by atoms with E-state index in [-0.39, 0.29) is 0 Å². The molecule has 0 aliphatic heterocycles. The van der Waals surface area contributed by atoms with Crippen molar-refractivity contribution >= 4 is 50.1 Å². The molecule has 0 saturated carbocycles. The van der Waals surface area contributed by atoms with E-state index in [9.17, 15) is 0 Å². The lowest BCUT2D eigenvalue weighted by Gasteiger charge is -2.33. The number of hydrogen-bond acceptors (Lipinski definition) is 7. The van der Waals surface area contributed by atoms with Gasteiger partial charge in [0.15, 0.2) is 17.1 Å². The molecule has 1 aromatic carbocycles. The number of para-hydroxylation sites is 2. The van der Waals surface area contributed by atoms with Gasteiger partial charge in [-0.1, -0.05) is 44.7 Å². The maximum absolute atomic E-state index is 5.81. The van der Waals surface area contributed by atoms with Crippen LogP contribution in [0.2, 0.25) is 0 Å². The molecule has 6 nitrogen and oxygen atoms in total. The Balaban J connectivity index is 1.32. The van der Waals surface area contributed by atoms with E-state index in [1.807, 2.05) is 40.1 Å². The van der Waals surface area contributed by atoms with Crippen LogP contribution >= 0.6 is 23.1 Å². The summed E-state index contributed by atoms with van der Waals surface area (Å²) in [7, 11) is 0. The van der Waals surface area contributed by atoms with Crippen molar-refractivity contribution in [2.45, 2.75) is 51.0 Å². The number of rotatable bonds is 3. The van der Waals surface area contributed by atoms with Gasteiger partial charge in [0.25, 0.3) is 5.22 Å². The van der Waals surface area contributed by atoms with Crippen LogP contribution in [-0.2, 0) is 18.6 Å². The summed E-state index contributed by atoms with van der Waals surface area (Å²) in [6.07, 6.45) is 5.25. The third-order valence-corrected chi connectivity index (χ3v) is 8.24. The van der Waals surface area contributed by atoms with Crippen molar-refractivity contribution in [3.05, 3.63) is 46.9 Å². The molecule has 4 aromatic heterocycles. The molecule has 0 saturated heterocycles. The fourth-order valence-electron chi connectivity index (χ4n) is 4.46. The zero-order chi connectivity index (χ0) is 21.2. The van der Waals surface area contributed by atoms with Gasteiger partial charge in [0, 0.05) is 4.88 Å². The number of nitrogens with zero attached hydrogens (tertiary/aromatic N) is 5. The van der Waals surface area contributed by atoms with E-state index in [1.165, 1.54) is 34.0 Å². The first-order chi connectivity index (χ1) is 15.0. The van der Waals surface area contributed by atoms with E-state index < -0.39 is 0 Å². The highest BCUT2D eigenvalue weighted by atomic mass is 32.2. The van der Waals surface area contributed by atoms with E-state index >= 15 is 0 Å². The third-order valence-electron chi connectivity index (χ3n) is 6.25. The van der Waals surface area contributed by atoms with Crippen molar-refractivity contribution in [1.29, 1.82) is 0 Å². The first-order valence-electron chi connectivity index (χ1n) is 10.6. The molecule has 8 heteroatoms. The van der Waals surface area contributed by atoms with E-state index in [0.717, 1.165) is 40.2 Å². The molecule has 6 rings (SSSR count). The van der Waals surface area contributed by atoms with Gasteiger partial charge in [-0.2, -0.15) is 0 Å². The molecule has 1 aliphatic carbocycles. The summed E-state index contributed by atoms with van der Waals surface area (Å²) in [6, 6.07) is 7.81. The monoisotopic (exact) mass is 449 g/mol. The molecular formula is C23H23N5OS2. The average molecular weight is 450 g/mol. The summed E-state index contributed by atoms with van der Waals surface area (Å²) in [5.74, 6) is 2.09. The lowest BCUT2D eigenvalue weighted by molar-refractivity contribution is 0.218. The number of hydrogen-bond donors (Lipinski definition) is 0. The molecule has 0 fully saturated rings. The number of aromatic nitrogens is 5. The van der Waals surface area contributed by atoms with Crippen molar-refractivity contribution in [1.82, 2.24) is 24.6 Å². The maximum Gasteiger partial charge on any atom is 0.257 e. The quantitative estimate of drug-likeness (QED) is 0.318. The topological polar surface area (TPSA) is 69.1 Å². The zero-order valence-corrected chi connectivity index (χ0v) is 19.4. The fourth-order valence-corrected chi connectivity index (χ4v) is 6.41. The summed E-state index contributed by atoms with van der Waals surface area (Å²) < 4.78 is 7.64. The van der Waals surface area contributed by atoms with Crippen LogP contribution in [0, 0.1) is 11.3 Å². The fraction of sp³-hybridized carbons (Fsp3) is 0.391. The van der Waals surface area contributed by atoms with Gasteiger partial charge in [-0.15, -0.1) is 16.4 Å². The predicted molar refractivity (Wildman–Crippen MR) is 125 cm³/mol. The molecule has 31 heavy (non-hydrogen) atoms. The lowest BCUT2D eigenvalue weighted by atomic mass is 9.72. The van der Waals surface area contributed by atoms with Crippen LogP contribution in [0.15, 0.2) is 40.2 Å². The summed E-state index contributed by atoms with van der Waals surface area (Å²) in [5, 5.41) is 6.51. The van der Waals surface area contributed by atoms with Crippen molar-refractivity contribution in [2.75, 3.05) is 0 Å². The normalized spacial score (nSPS) is 17.1. The number of fused-ring (bicyclic) bond motifs is 6. The molecule has 0 amide bonds. The summed E-state index contributed by atoms with van der Waals surface area (Å²) in [4.78, 5) is 16.7. The summed E-state index contributed by atoms with van der Waals surface area (Å²) >= 11 is 3.35. The van der Waals surface area contributed by atoms with Gasteiger partial charge in [-0.25, -0.2) is 19.5 Å². The number of aryl methyl sites for hydroxylation is 1. The van der Waals surface area contributed by atoms with Crippen LogP contribution in [0.4, 0.5) is 0 Å². The second-order valence-electron chi connectivity index (χ2n) is 9.27. The smallest absolute Gasteiger partial charge is 0.257 e. The van der Waals surface area contributed by atoms with Gasteiger partial charge >= 0.3 is 0 Å². The van der Waals surface area contributed by atoms with E-state index in [1.54, 1.807) is 6.33 Å². The zero-order valence-electron chi connectivity index (χ0n) is 17.8. The second kappa shape index (κ2) is 7.03. The highest BCUT2D eigenvalue weighted by Gasteiger charge is 2.31. The SMILES string of the molecule is CC(C)(C)C1CCc2c(sc3ncn4nc(CSc5nc6ccccc6o5)nc4c23)C1. The Morgan fingerprint density at radius 3 is 2.94 bits per heavy atom. The Morgan fingerprint density at radius 1 is 1.23 bits per heavy atom. The van der Waals surface area contributed by atoms with Crippen molar-refractivity contribution in [3.8, 4) is 0 Å². The number of oxazole rings is 1. The molecule has 158 valence electrons. The Bertz CT molecular complexity index is 1390. The van der Waals surface area contributed by atoms with Gasteiger partial charge < -0.3 is 4.42 Å². The minimum Gasteiger partial charge on any atom is -0.431 e. The molecule has 1 atom stereocenters. The van der Waals surface area contributed by atoms with Crippen molar-refractivity contribution < 1.29 is 4.42 Å². The highest BCUT2D eigenvalue weighted by Crippen LogP contribution is 2.43. The van der Waals surface area contributed by atoms with Crippen LogP contribution in [0.1, 0.15) is 43.5 Å². The molecular weight excluding hydrogens is 426 g/mol. The van der Waals surface area contributed by atoms with Crippen LogP contribution in [0.3, 0.4) is 0 Å². The van der Waals surface area contributed by atoms with Gasteiger partial charge in [-0.05, 0) is 48.3 Å². The molecule has 0 N–H and O–H groups in total. The standard InChI is InChI=1S/C23H23N5OS2/c1-23(2,3)13-8-9-14-17(10-13)31-21-19(14)20-26-18(27-28(20)12-24-21)11-30-22-25-15-6-4-5-7-16(15)29-22/h4-7,12-13H,8-11H2,1-3H3. The lowest BCUT2D eigenvalue weighted by Crippen LogP contribution is -2.26. The largest absolute Gasteiger partial charge is 0.431 e. The molecule has 4 heterocycles. The molecule has 0 radical (unpaired) electrons. The van der Waals surface area contributed by atoms with Crippen molar-refractivity contribution in [2.24, 2.45) is 11.3 Å². The first kappa shape index (κ1) is 19.3. The summed E-state index contributed by atoms with van der Waals surface area (Å²) in [5.41, 5.74) is 4.37. The Labute approximate surface area is 188 Å². The van der Waals surface area contributed by atoms with Crippen LogP contribution in [0.5, 0.6) is 0 Å². The third kappa shape index (κ3) is 3.32. The molecule has 0 spiro atoms. The van der Waals surface area contributed by atoms with Crippen LogP contribution in [-0.4, -0.2) is 24.6 Å². The van der Waals surface area contributed by atoms with Gasteiger partial charge in [0.1, 0.15) is 16.7 Å². The maximum atomic E-state index is 5.81. The summed E-state index contributed by atoms with van der Waals surface area (Å²) in [6.45, 7) is 7.06. The first-order valence-corrected chi connectivity index (χ1v) is 12.4. The second-order valence-corrected chi connectivity index (χ2v) is 11.3. The number of thioether (sulfide) groups is 1. The predicted octanol–water partition coefficient (Wildman–Crippen LogP) is 5.92. The Morgan fingerprint density at radius 2 is 2.10 bits per heavy atom. The molecule has 1 unspecified atom stereocenters. The van der Waals surface area contributed by atoms with Gasteiger partial charge in [-0.3, -0.25) is 0 Å². The average Bonchev–Trinajstić information content (AvgIpc) is 3.44. The van der Waals surface area contributed by atoms with E-state index in [2.05, 4.69) is 30.9 Å². The van der Waals surface area contributed by atoms with Gasteiger partial charge in [0.05, 0.1) is 11.1 Å². The molecule has 0 bridgehead atoms. The Hall–Kier alpha value is -2.45. The highest BCUT2D eigenvalue weighted by molar-refractivity contribution is 7.98. The van der Waals surface area contributed by atoms with Crippen LogP contribution < -0.4 is 0 Å². The van der Waals surface area contributed by atoms with E-state index in [4.69, 9.17) is 14.4 Å². The molecule has 1 aliphatic rings. The minimum atomic E-state index is 0.334. The molecule has 5 aromatic rings. The van der Waals surface area contributed by atoms with E-state index in [0.29, 0.717) is 22.3 Å². The van der Waals surface area contributed by atoms with Gasteiger partial charge in [0.2, 0.25) is 0 Å². The number of thiophene rings is 1. The minimum absolute atomic E-state index is 0.334. The number of benzene rings is 1. The van der Waals surface area contributed by atoms with Crippen LogP contribution in [0.25, 0.3) is 27.0 Å². The Kier molecular flexibility index (Phi) is 4.37. The van der Waals surface area contributed by atoms with Crippen molar-refractivity contribution in [3.63, 3.8) is 0 Å².